The SMILES string of the molecule is Cc1ccc(CCl)cc1-n1cccn1. The maximum absolute atomic E-state index is 5.78. The van der Waals surface area contributed by atoms with E-state index in [2.05, 4.69) is 24.2 Å². The molecule has 0 spiro atoms. The van der Waals surface area contributed by atoms with Crippen molar-refractivity contribution in [1.82, 2.24) is 9.78 Å². The van der Waals surface area contributed by atoms with Crippen LogP contribution in [0.2, 0.25) is 0 Å². The molecule has 0 saturated carbocycles. The monoisotopic (exact) mass is 206 g/mol. The first-order valence-electron chi connectivity index (χ1n) is 4.47. The van der Waals surface area contributed by atoms with Gasteiger partial charge in [0.05, 0.1) is 5.69 Å². The fraction of sp³-hybridized carbons (Fsp3) is 0.182. The molecule has 0 N–H and O–H groups in total. The molecule has 0 aliphatic heterocycles. The Labute approximate surface area is 88.1 Å². The average molecular weight is 207 g/mol. The van der Waals surface area contributed by atoms with E-state index >= 15 is 0 Å². The van der Waals surface area contributed by atoms with Crippen molar-refractivity contribution in [3.63, 3.8) is 0 Å². The van der Waals surface area contributed by atoms with E-state index < -0.39 is 0 Å². The Balaban J connectivity index is 2.51. The Morgan fingerprint density at radius 2 is 2.29 bits per heavy atom. The molecule has 0 atom stereocenters. The lowest BCUT2D eigenvalue weighted by Crippen LogP contribution is -1.98. The van der Waals surface area contributed by atoms with Crippen molar-refractivity contribution in [2.24, 2.45) is 0 Å². The molecule has 0 fully saturated rings. The van der Waals surface area contributed by atoms with Gasteiger partial charge in [-0.15, -0.1) is 11.6 Å². The topological polar surface area (TPSA) is 17.8 Å². The normalized spacial score (nSPS) is 10.4. The second-order valence-corrected chi connectivity index (χ2v) is 3.47. The van der Waals surface area contributed by atoms with Gasteiger partial charge in [0.2, 0.25) is 0 Å². The molecule has 1 aromatic heterocycles. The van der Waals surface area contributed by atoms with Crippen molar-refractivity contribution in [1.29, 1.82) is 0 Å². The number of nitrogens with zero attached hydrogens (tertiary/aromatic N) is 2. The van der Waals surface area contributed by atoms with Crippen molar-refractivity contribution in [2.75, 3.05) is 0 Å². The zero-order valence-electron chi connectivity index (χ0n) is 7.94. The first-order valence-corrected chi connectivity index (χ1v) is 5.00. The number of halogens is 1. The van der Waals surface area contributed by atoms with Gasteiger partial charge in [-0.2, -0.15) is 5.10 Å². The van der Waals surface area contributed by atoms with Crippen LogP contribution in [0.15, 0.2) is 36.7 Å². The molecule has 2 nitrogen and oxygen atoms in total. The van der Waals surface area contributed by atoms with Crippen molar-refractivity contribution in [3.8, 4) is 5.69 Å². The molecule has 0 radical (unpaired) electrons. The van der Waals surface area contributed by atoms with E-state index in [1.165, 1.54) is 5.56 Å². The van der Waals surface area contributed by atoms with Crippen LogP contribution in [0.1, 0.15) is 11.1 Å². The third-order valence-corrected chi connectivity index (χ3v) is 2.49. The zero-order chi connectivity index (χ0) is 9.97. The molecule has 2 aromatic rings. The van der Waals surface area contributed by atoms with Crippen LogP contribution in [0.4, 0.5) is 0 Å². The van der Waals surface area contributed by atoms with E-state index in [0.717, 1.165) is 11.3 Å². The second kappa shape index (κ2) is 3.84. The predicted molar refractivity (Wildman–Crippen MR) is 57.9 cm³/mol. The van der Waals surface area contributed by atoms with Gasteiger partial charge in [0.25, 0.3) is 0 Å². The summed E-state index contributed by atoms with van der Waals surface area (Å²) in [6, 6.07) is 8.08. The van der Waals surface area contributed by atoms with Crippen molar-refractivity contribution < 1.29 is 0 Å². The minimum atomic E-state index is 0.536. The minimum absolute atomic E-state index is 0.536. The van der Waals surface area contributed by atoms with E-state index in [-0.39, 0.29) is 0 Å². The van der Waals surface area contributed by atoms with Crippen LogP contribution in [0.25, 0.3) is 5.69 Å². The Kier molecular flexibility index (Phi) is 2.55. The van der Waals surface area contributed by atoms with Gasteiger partial charge in [0.15, 0.2) is 0 Å². The van der Waals surface area contributed by atoms with Gasteiger partial charge in [0.1, 0.15) is 0 Å². The molecule has 0 amide bonds. The summed E-state index contributed by atoms with van der Waals surface area (Å²) in [4.78, 5) is 0. The van der Waals surface area contributed by atoms with Crippen molar-refractivity contribution in [2.45, 2.75) is 12.8 Å². The molecule has 1 aromatic carbocycles. The van der Waals surface area contributed by atoms with Crippen LogP contribution < -0.4 is 0 Å². The highest BCUT2D eigenvalue weighted by Gasteiger charge is 2.01. The van der Waals surface area contributed by atoms with Gasteiger partial charge in [-0.05, 0) is 30.2 Å². The predicted octanol–water partition coefficient (Wildman–Crippen LogP) is 2.92. The van der Waals surface area contributed by atoms with Crippen molar-refractivity contribution in [3.05, 3.63) is 47.8 Å². The molecular formula is C11H11ClN2. The quantitative estimate of drug-likeness (QED) is 0.691. The Bertz CT molecular complexity index is 421. The lowest BCUT2D eigenvalue weighted by molar-refractivity contribution is 0.871. The number of rotatable bonds is 2. The average Bonchev–Trinajstić information content (AvgIpc) is 2.71. The van der Waals surface area contributed by atoms with Crippen molar-refractivity contribution >= 4 is 11.6 Å². The van der Waals surface area contributed by atoms with E-state index in [1.54, 1.807) is 6.20 Å². The Morgan fingerprint density at radius 1 is 1.43 bits per heavy atom. The summed E-state index contributed by atoms with van der Waals surface area (Å²) in [6.45, 7) is 2.06. The van der Waals surface area contributed by atoms with Crippen LogP contribution >= 0.6 is 11.6 Å². The fourth-order valence-electron chi connectivity index (χ4n) is 1.40. The minimum Gasteiger partial charge on any atom is -0.241 e. The molecule has 0 aliphatic carbocycles. The van der Waals surface area contributed by atoms with Crippen LogP contribution in [0.5, 0.6) is 0 Å². The highest BCUT2D eigenvalue weighted by molar-refractivity contribution is 6.17. The van der Waals surface area contributed by atoms with Gasteiger partial charge in [-0.1, -0.05) is 12.1 Å². The zero-order valence-corrected chi connectivity index (χ0v) is 8.70. The standard InChI is InChI=1S/C11H11ClN2/c1-9-3-4-10(8-12)7-11(9)14-6-2-5-13-14/h2-7H,8H2,1H3. The highest BCUT2D eigenvalue weighted by Crippen LogP contribution is 2.16. The molecule has 0 saturated heterocycles. The fourth-order valence-corrected chi connectivity index (χ4v) is 1.56. The summed E-state index contributed by atoms with van der Waals surface area (Å²) >= 11 is 5.78. The molecule has 0 unspecified atom stereocenters. The maximum atomic E-state index is 5.78. The Morgan fingerprint density at radius 3 is 2.93 bits per heavy atom. The largest absolute Gasteiger partial charge is 0.241 e. The number of aromatic nitrogens is 2. The van der Waals surface area contributed by atoms with Gasteiger partial charge < -0.3 is 0 Å². The number of alkyl halides is 1. The summed E-state index contributed by atoms with van der Waals surface area (Å²) in [5.41, 5.74) is 3.40. The summed E-state index contributed by atoms with van der Waals surface area (Å²) in [5.74, 6) is 0.536. The first kappa shape index (κ1) is 9.28. The summed E-state index contributed by atoms with van der Waals surface area (Å²) in [5, 5.41) is 4.20. The molecule has 0 bridgehead atoms. The third-order valence-electron chi connectivity index (χ3n) is 2.18. The molecule has 14 heavy (non-hydrogen) atoms. The summed E-state index contributed by atoms with van der Waals surface area (Å²) in [7, 11) is 0. The number of aryl methyl sites for hydroxylation is 1. The maximum Gasteiger partial charge on any atom is 0.0677 e. The number of benzene rings is 1. The molecular weight excluding hydrogens is 196 g/mol. The van der Waals surface area contributed by atoms with Gasteiger partial charge in [-0.3, -0.25) is 0 Å². The van der Waals surface area contributed by atoms with Crippen LogP contribution in [-0.2, 0) is 5.88 Å². The van der Waals surface area contributed by atoms with E-state index in [4.69, 9.17) is 11.6 Å². The highest BCUT2D eigenvalue weighted by atomic mass is 35.5. The number of hydrogen-bond acceptors (Lipinski definition) is 1. The third kappa shape index (κ3) is 1.66. The summed E-state index contributed by atoms with van der Waals surface area (Å²) < 4.78 is 1.85. The van der Waals surface area contributed by atoms with Crippen LogP contribution in [0, 0.1) is 6.92 Å². The van der Waals surface area contributed by atoms with Gasteiger partial charge in [-0.25, -0.2) is 4.68 Å². The lowest BCUT2D eigenvalue weighted by Gasteiger charge is -2.07. The number of hydrogen-bond donors (Lipinski definition) is 0. The van der Waals surface area contributed by atoms with E-state index in [0.29, 0.717) is 5.88 Å². The molecule has 1 heterocycles. The Hall–Kier alpha value is -1.28. The first-order chi connectivity index (χ1) is 6.81. The smallest absolute Gasteiger partial charge is 0.0677 e. The molecule has 0 aliphatic rings. The molecule has 72 valence electrons. The second-order valence-electron chi connectivity index (χ2n) is 3.21. The molecule has 2 rings (SSSR count). The van der Waals surface area contributed by atoms with Gasteiger partial charge in [0, 0.05) is 18.3 Å². The van der Waals surface area contributed by atoms with Gasteiger partial charge >= 0.3 is 0 Å². The lowest BCUT2D eigenvalue weighted by atomic mass is 10.1. The van der Waals surface area contributed by atoms with E-state index in [9.17, 15) is 0 Å². The molecule has 3 heteroatoms. The van der Waals surface area contributed by atoms with Crippen LogP contribution in [0.3, 0.4) is 0 Å². The summed E-state index contributed by atoms with van der Waals surface area (Å²) in [6.07, 6.45) is 3.70. The van der Waals surface area contributed by atoms with Crippen LogP contribution in [-0.4, -0.2) is 9.78 Å². The van der Waals surface area contributed by atoms with E-state index in [1.807, 2.05) is 23.0 Å².